The van der Waals surface area contributed by atoms with E-state index in [1.54, 1.807) is 15.8 Å². The summed E-state index contributed by atoms with van der Waals surface area (Å²) < 4.78 is 1.77. The van der Waals surface area contributed by atoms with E-state index in [2.05, 4.69) is 5.10 Å². The summed E-state index contributed by atoms with van der Waals surface area (Å²) in [7, 11) is 1.81. The van der Waals surface area contributed by atoms with E-state index in [4.69, 9.17) is 5.73 Å². The molecule has 2 heterocycles. The predicted molar refractivity (Wildman–Crippen MR) is 66.4 cm³/mol. The van der Waals surface area contributed by atoms with Crippen LogP contribution in [0.5, 0.6) is 0 Å². The summed E-state index contributed by atoms with van der Waals surface area (Å²) in [5.74, 6) is 0.0530. The zero-order valence-electron chi connectivity index (χ0n) is 9.05. The molecule has 0 saturated heterocycles. The van der Waals surface area contributed by atoms with Crippen molar-refractivity contribution in [3.05, 3.63) is 17.5 Å². The lowest BCUT2D eigenvalue weighted by Crippen LogP contribution is -2.38. The van der Waals surface area contributed by atoms with Gasteiger partial charge in [0.1, 0.15) is 5.69 Å². The maximum absolute atomic E-state index is 11.8. The molecule has 0 bridgehead atoms. The van der Waals surface area contributed by atoms with Crippen LogP contribution in [-0.2, 0) is 13.0 Å². The highest BCUT2D eigenvalue weighted by Crippen LogP contribution is 2.15. The van der Waals surface area contributed by atoms with Gasteiger partial charge in [-0.25, -0.2) is 0 Å². The molecule has 0 aliphatic carbocycles. The van der Waals surface area contributed by atoms with Crippen molar-refractivity contribution in [1.29, 1.82) is 0 Å². The van der Waals surface area contributed by atoms with Gasteiger partial charge in [0.25, 0.3) is 5.91 Å². The molecule has 1 aromatic heterocycles. The van der Waals surface area contributed by atoms with Crippen LogP contribution in [0.2, 0.25) is 0 Å². The van der Waals surface area contributed by atoms with Crippen LogP contribution >= 0.6 is 24.8 Å². The predicted octanol–water partition coefficient (Wildman–Crippen LogP) is 0.313. The second-order valence-corrected chi connectivity index (χ2v) is 3.51. The van der Waals surface area contributed by atoms with Crippen molar-refractivity contribution < 1.29 is 4.79 Å². The molecule has 0 unspecified atom stereocenters. The number of hydrogen-bond acceptors (Lipinski definition) is 3. The first-order valence-corrected chi connectivity index (χ1v) is 4.74. The van der Waals surface area contributed by atoms with E-state index in [0.717, 1.165) is 25.1 Å². The average Bonchev–Trinajstić information content (AvgIpc) is 2.57. The Morgan fingerprint density at radius 3 is 2.75 bits per heavy atom. The number of nitrogens with zero attached hydrogens (tertiary/aromatic N) is 3. The van der Waals surface area contributed by atoms with Crippen molar-refractivity contribution in [3.8, 4) is 0 Å². The number of hydrogen-bond donors (Lipinski definition) is 1. The Labute approximate surface area is 107 Å². The summed E-state index contributed by atoms with van der Waals surface area (Å²) in [4.78, 5) is 13.5. The van der Waals surface area contributed by atoms with Crippen LogP contribution in [0.25, 0.3) is 0 Å². The van der Waals surface area contributed by atoms with Gasteiger partial charge in [-0.1, -0.05) is 0 Å². The van der Waals surface area contributed by atoms with E-state index in [1.165, 1.54) is 0 Å². The summed E-state index contributed by atoms with van der Waals surface area (Å²) in [6.07, 6.45) is 2.47. The Morgan fingerprint density at radius 1 is 1.44 bits per heavy atom. The van der Waals surface area contributed by atoms with E-state index >= 15 is 0 Å². The van der Waals surface area contributed by atoms with Gasteiger partial charge >= 0.3 is 0 Å². The topological polar surface area (TPSA) is 64.2 Å². The van der Waals surface area contributed by atoms with E-state index in [0.29, 0.717) is 12.2 Å². The minimum Gasteiger partial charge on any atom is -0.339 e. The van der Waals surface area contributed by atoms with E-state index < -0.39 is 0 Å². The highest BCUT2D eigenvalue weighted by molar-refractivity contribution is 5.94. The Balaban J connectivity index is 0.00000112. The Hall–Kier alpha value is -0.780. The minimum absolute atomic E-state index is 0. The van der Waals surface area contributed by atoms with Gasteiger partial charge in [0.15, 0.2) is 0 Å². The van der Waals surface area contributed by atoms with E-state index in [1.807, 2.05) is 7.05 Å². The Bertz CT molecular complexity index is 366. The molecule has 16 heavy (non-hydrogen) atoms. The monoisotopic (exact) mass is 266 g/mol. The molecule has 7 heteroatoms. The van der Waals surface area contributed by atoms with Gasteiger partial charge in [0.05, 0.1) is 12.7 Å². The number of likely N-dealkylation sites (N-methyl/N-ethyl adjacent to an activating group) is 1. The lowest BCUT2D eigenvalue weighted by atomic mass is 10.1. The number of halogens is 2. The third-order valence-corrected chi connectivity index (χ3v) is 2.53. The number of fused-ring (bicyclic) bond motifs is 1. The molecule has 0 radical (unpaired) electrons. The average molecular weight is 267 g/mol. The second-order valence-electron chi connectivity index (χ2n) is 3.51. The molecule has 0 atom stereocenters. The fourth-order valence-corrected chi connectivity index (χ4v) is 1.71. The summed E-state index contributed by atoms with van der Waals surface area (Å²) in [5.41, 5.74) is 7.15. The normalized spacial score (nSPS) is 13.9. The highest BCUT2D eigenvalue weighted by atomic mass is 35.5. The first kappa shape index (κ1) is 15.2. The number of carbonyl (C=O) groups excluding carboxylic acids is 1. The molecule has 0 fully saturated rings. The van der Waals surface area contributed by atoms with Crippen molar-refractivity contribution in [2.45, 2.75) is 13.0 Å². The largest absolute Gasteiger partial charge is 0.339 e. The quantitative estimate of drug-likeness (QED) is 0.839. The third kappa shape index (κ3) is 2.48. The smallest absolute Gasteiger partial charge is 0.272 e. The van der Waals surface area contributed by atoms with Crippen LogP contribution in [0.15, 0.2) is 6.20 Å². The standard InChI is InChI=1S/C9H14N4O.2ClH/c1-12-4-5-13-8(9(12)14)7(2-3-10)6-11-13;;/h6H,2-5,10H2,1H3;2*1H. The summed E-state index contributed by atoms with van der Waals surface area (Å²) in [5, 5.41) is 4.17. The van der Waals surface area contributed by atoms with Crippen LogP contribution in [0.3, 0.4) is 0 Å². The van der Waals surface area contributed by atoms with Gasteiger partial charge in [-0.15, -0.1) is 24.8 Å². The maximum Gasteiger partial charge on any atom is 0.272 e. The Kier molecular flexibility index (Phi) is 5.78. The van der Waals surface area contributed by atoms with E-state index in [9.17, 15) is 4.79 Å². The molecule has 1 aromatic rings. The van der Waals surface area contributed by atoms with Crippen molar-refractivity contribution in [2.75, 3.05) is 20.1 Å². The zero-order valence-corrected chi connectivity index (χ0v) is 10.7. The molecule has 92 valence electrons. The van der Waals surface area contributed by atoms with Gasteiger partial charge < -0.3 is 10.6 Å². The SMILES string of the molecule is CN1CCn2ncc(CCN)c2C1=O.Cl.Cl. The number of nitrogens with two attached hydrogens (primary N) is 1. The van der Waals surface area contributed by atoms with Gasteiger partial charge in [-0.3, -0.25) is 9.48 Å². The first-order valence-electron chi connectivity index (χ1n) is 4.74. The molecule has 2 rings (SSSR count). The molecule has 0 saturated carbocycles. The zero-order chi connectivity index (χ0) is 10.1. The molecule has 5 nitrogen and oxygen atoms in total. The van der Waals surface area contributed by atoms with Crippen molar-refractivity contribution in [2.24, 2.45) is 5.73 Å². The second kappa shape index (κ2) is 6.08. The van der Waals surface area contributed by atoms with Crippen LogP contribution in [-0.4, -0.2) is 40.7 Å². The minimum atomic E-state index is 0. The van der Waals surface area contributed by atoms with Crippen LogP contribution in [0.4, 0.5) is 0 Å². The van der Waals surface area contributed by atoms with Crippen LogP contribution < -0.4 is 5.73 Å². The van der Waals surface area contributed by atoms with Crippen molar-refractivity contribution in [3.63, 3.8) is 0 Å². The number of carbonyl (C=O) groups is 1. The maximum atomic E-state index is 11.8. The molecule has 2 N–H and O–H groups in total. The third-order valence-electron chi connectivity index (χ3n) is 2.53. The molecule has 1 aliphatic heterocycles. The van der Waals surface area contributed by atoms with Crippen molar-refractivity contribution in [1.82, 2.24) is 14.7 Å². The van der Waals surface area contributed by atoms with Crippen molar-refractivity contribution >= 4 is 30.7 Å². The number of amides is 1. The van der Waals surface area contributed by atoms with Gasteiger partial charge in [0, 0.05) is 19.2 Å². The van der Waals surface area contributed by atoms with Gasteiger partial charge in [0.2, 0.25) is 0 Å². The number of rotatable bonds is 2. The summed E-state index contributed by atoms with van der Waals surface area (Å²) in [6.45, 7) is 2.06. The fourth-order valence-electron chi connectivity index (χ4n) is 1.71. The molecule has 1 amide bonds. The number of aromatic nitrogens is 2. The molecule has 0 aromatic carbocycles. The van der Waals surface area contributed by atoms with Crippen LogP contribution in [0.1, 0.15) is 16.1 Å². The van der Waals surface area contributed by atoms with Gasteiger partial charge in [-0.05, 0) is 13.0 Å². The first-order chi connectivity index (χ1) is 6.74. The molecular formula is C9H16Cl2N4O. The summed E-state index contributed by atoms with van der Waals surface area (Å²) in [6, 6.07) is 0. The lowest BCUT2D eigenvalue weighted by Gasteiger charge is -2.24. The van der Waals surface area contributed by atoms with Gasteiger partial charge in [-0.2, -0.15) is 5.10 Å². The van der Waals surface area contributed by atoms with E-state index in [-0.39, 0.29) is 30.7 Å². The molecule has 1 aliphatic rings. The Morgan fingerprint density at radius 2 is 2.12 bits per heavy atom. The fraction of sp³-hybridized carbons (Fsp3) is 0.556. The summed E-state index contributed by atoms with van der Waals surface area (Å²) >= 11 is 0. The molecule has 0 spiro atoms. The highest BCUT2D eigenvalue weighted by Gasteiger charge is 2.25. The van der Waals surface area contributed by atoms with Crippen LogP contribution in [0, 0.1) is 0 Å². The molecular weight excluding hydrogens is 251 g/mol. The lowest BCUT2D eigenvalue weighted by molar-refractivity contribution is 0.0741.